The van der Waals surface area contributed by atoms with Gasteiger partial charge in [0.2, 0.25) is 5.78 Å². The van der Waals surface area contributed by atoms with Gasteiger partial charge in [0.05, 0.1) is 5.92 Å². The van der Waals surface area contributed by atoms with Gasteiger partial charge in [-0.25, -0.2) is 0 Å². The zero-order chi connectivity index (χ0) is 13.9. The largest absolute Gasteiger partial charge is 0.385 e. The van der Waals surface area contributed by atoms with Crippen molar-refractivity contribution in [1.29, 1.82) is 0 Å². The number of aldehydes is 1. The number of pyridine rings is 1. The van der Waals surface area contributed by atoms with Crippen LogP contribution in [0.4, 0.5) is 5.69 Å². The van der Waals surface area contributed by atoms with Gasteiger partial charge in [-0.3, -0.25) is 14.6 Å². The Kier molecular flexibility index (Phi) is 3.29. The van der Waals surface area contributed by atoms with Crippen LogP contribution >= 0.6 is 0 Å². The Morgan fingerprint density at radius 2 is 2.20 bits per heavy atom. The number of benzene rings is 1. The molecule has 1 aromatic carbocycles. The number of carbonyl (C=O) groups is 2. The van der Waals surface area contributed by atoms with E-state index in [0.29, 0.717) is 19.3 Å². The van der Waals surface area contributed by atoms with Crippen molar-refractivity contribution in [2.24, 2.45) is 0 Å². The van der Waals surface area contributed by atoms with Crippen molar-refractivity contribution in [2.75, 3.05) is 11.9 Å². The molecule has 0 amide bonds. The maximum Gasteiger partial charge on any atom is 0.202 e. The summed E-state index contributed by atoms with van der Waals surface area (Å²) in [4.78, 5) is 26.7. The number of nitrogens with one attached hydrogen (secondary N) is 1. The second kappa shape index (κ2) is 5.25. The summed E-state index contributed by atoms with van der Waals surface area (Å²) in [5, 5.41) is 3.27. The van der Waals surface area contributed by atoms with Gasteiger partial charge >= 0.3 is 0 Å². The molecule has 0 radical (unpaired) electrons. The highest BCUT2D eigenvalue weighted by Gasteiger charge is 2.26. The second-order valence-electron chi connectivity index (χ2n) is 4.83. The van der Waals surface area contributed by atoms with Crippen LogP contribution < -0.4 is 5.32 Å². The highest BCUT2D eigenvalue weighted by Crippen LogP contribution is 2.35. The van der Waals surface area contributed by atoms with Crippen LogP contribution in [0, 0.1) is 0 Å². The Bertz CT molecular complexity index is 653. The molecule has 1 aliphatic rings. The summed E-state index contributed by atoms with van der Waals surface area (Å²) in [6.45, 7) is 0.712. The SMILES string of the molecule is O=CC(=O)C1CCNc2ccc(-c3cccnc3)cc21. The number of Topliss-reactive ketones (excluding diaryl/α,β-unsaturated/α-hetero) is 1. The van der Waals surface area contributed by atoms with Crippen molar-refractivity contribution in [3.8, 4) is 11.1 Å². The molecule has 2 heterocycles. The molecule has 100 valence electrons. The molecule has 0 saturated carbocycles. The van der Waals surface area contributed by atoms with E-state index in [1.165, 1.54) is 0 Å². The van der Waals surface area contributed by atoms with Gasteiger partial charge in [0.15, 0.2) is 6.29 Å². The number of fused-ring (bicyclic) bond motifs is 1. The minimum absolute atomic E-state index is 0.333. The average Bonchev–Trinajstić information content (AvgIpc) is 2.54. The number of hydrogen-bond donors (Lipinski definition) is 1. The Balaban J connectivity index is 2.06. The molecule has 0 saturated heterocycles. The van der Waals surface area contributed by atoms with Crippen LogP contribution in [-0.4, -0.2) is 23.6 Å². The van der Waals surface area contributed by atoms with Crippen LogP contribution in [0.1, 0.15) is 17.9 Å². The molecule has 0 bridgehead atoms. The highest BCUT2D eigenvalue weighted by molar-refractivity contribution is 6.28. The third-order valence-electron chi connectivity index (χ3n) is 3.63. The van der Waals surface area contributed by atoms with Crippen molar-refractivity contribution >= 4 is 17.8 Å². The minimum Gasteiger partial charge on any atom is -0.385 e. The lowest BCUT2D eigenvalue weighted by Gasteiger charge is -2.25. The molecule has 0 spiro atoms. The predicted octanol–water partition coefficient (Wildman–Crippen LogP) is 2.42. The van der Waals surface area contributed by atoms with E-state index in [1.54, 1.807) is 12.4 Å². The fourth-order valence-corrected chi connectivity index (χ4v) is 2.61. The normalized spacial score (nSPS) is 16.9. The highest BCUT2D eigenvalue weighted by atomic mass is 16.2. The number of rotatable bonds is 3. The van der Waals surface area contributed by atoms with Crippen LogP contribution in [0.15, 0.2) is 42.7 Å². The topological polar surface area (TPSA) is 59.1 Å². The van der Waals surface area contributed by atoms with Gasteiger partial charge in [0.25, 0.3) is 0 Å². The molecule has 0 fully saturated rings. The fraction of sp³-hybridized carbons (Fsp3) is 0.188. The number of ketones is 1. The summed E-state index contributed by atoms with van der Waals surface area (Å²) in [7, 11) is 0. The number of nitrogens with zero attached hydrogens (tertiary/aromatic N) is 1. The number of aromatic nitrogens is 1. The lowest BCUT2D eigenvalue weighted by atomic mass is 9.86. The van der Waals surface area contributed by atoms with Gasteiger partial charge in [-0.05, 0) is 41.3 Å². The summed E-state index contributed by atoms with van der Waals surface area (Å²) in [5.41, 5.74) is 3.83. The quantitative estimate of drug-likeness (QED) is 0.684. The zero-order valence-electron chi connectivity index (χ0n) is 10.9. The molecule has 1 N–H and O–H groups in total. The summed E-state index contributed by atoms with van der Waals surface area (Å²) >= 11 is 0. The third-order valence-corrected chi connectivity index (χ3v) is 3.63. The molecular weight excluding hydrogens is 252 g/mol. The van der Waals surface area contributed by atoms with Crippen molar-refractivity contribution in [2.45, 2.75) is 12.3 Å². The van der Waals surface area contributed by atoms with Gasteiger partial charge in [-0.2, -0.15) is 0 Å². The van der Waals surface area contributed by atoms with E-state index in [1.807, 2.05) is 30.3 Å². The molecule has 1 unspecified atom stereocenters. The van der Waals surface area contributed by atoms with Crippen molar-refractivity contribution in [3.63, 3.8) is 0 Å². The van der Waals surface area contributed by atoms with Gasteiger partial charge < -0.3 is 5.32 Å². The van der Waals surface area contributed by atoms with E-state index in [0.717, 1.165) is 22.4 Å². The van der Waals surface area contributed by atoms with Crippen LogP contribution in [0.5, 0.6) is 0 Å². The van der Waals surface area contributed by atoms with E-state index < -0.39 is 0 Å². The Morgan fingerprint density at radius 1 is 1.30 bits per heavy atom. The first-order valence-electron chi connectivity index (χ1n) is 6.57. The molecule has 1 atom stereocenters. The maximum absolute atomic E-state index is 11.8. The van der Waals surface area contributed by atoms with Crippen LogP contribution in [0.2, 0.25) is 0 Å². The monoisotopic (exact) mass is 266 g/mol. The average molecular weight is 266 g/mol. The Labute approximate surface area is 116 Å². The first-order chi connectivity index (χ1) is 9.79. The van der Waals surface area contributed by atoms with E-state index >= 15 is 0 Å². The molecule has 20 heavy (non-hydrogen) atoms. The summed E-state index contributed by atoms with van der Waals surface area (Å²) in [5.74, 6) is -0.684. The predicted molar refractivity (Wildman–Crippen MR) is 76.6 cm³/mol. The summed E-state index contributed by atoms with van der Waals surface area (Å²) in [6.07, 6.45) is 4.59. The standard InChI is InChI=1S/C16H14N2O2/c19-10-16(20)13-5-7-18-15-4-3-11(8-14(13)15)12-2-1-6-17-9-12/h1-4,6,8-10,13,18H,5,7H2. The molecule has 4 nitrogen and oxygen atoms in total. The second-order valence-corrected chi connectivity index (χ2v) is 4.83. The smallest absolute Gasteiger partial charge is 0.202 e. The van der Waals surface area contributed by atoms with Crippen molar-refractivity contribution in [3.05, 3.63) is 48.3 Å². The molecular formula is C16H14N2O2. The van der Waals surface area contributed by atoms with Crippen LogP contribution in [-0.2, 0) is 9.59 Å². The summed E-state index contributed by atoms with van der Waals surface area (Å²) < 4.78 is 0. The van der Waals surface area contributed by atoms with Gasteiger partial charge in [0, 0.05) is 24.6 Å². The lowest BCUT2D eigenvalue weighted by Crippen LogP contribution is -2.23. The maximum atomic E-state index is 11.8. The fourth-order valence-electron chi connectivity index (χ4n) is 2.61. The molecule has 0 aliphatic carbocycles. The van der Waals surface area contributed by atoms with E-state index in [9.17, 15) is 9.59 Å². The van der Waals surface area contributed by atoms with Gasteiger partial charge in [-0.15, -0.1) is 0 Å². The van der Waals surface area contributed by atoms with Crippen molar-refractivity contribution < 1.29 is 9.59 Å². The minimum atomic E-state index is -0.351. The third kappa shape index (κ3) is 2.20. The zero-order valence-corrected chi connectivity index (χ0v) is 10.9. The van der Waals surface area contributed by atoms with Gasteiger partial charge in [0.1, 0.15) is 0 Å². The van der Waals surface area contributed by atoms with Crippen LogP contribution in [0.3, 0.4) is 0 Å². The van der Waals surface area contributed by atoms with E-state index in [-0.39, 0.29) is 11.7 Å². The molecule has 3 rings (SSSR count). The Morgan fingerprint density at radius 3 is 2.95 bits per heavy atom. The first kappa shape index (κ1) is 12.5. The van der Waals surface area contributed by atoms with Crippen molar-refractivity contribution in [1.82, 2.24) is 4.98 Å². The van der Waals surface area contributed by atoms with E-state index in [2.05, 4.69) is 10.3 Å². The summed E-state index contributed by atoms with van der Waals surface area (Å²) in [6, 6.07) is 9.78. The Hall–Kier alpha value is -2.49. The lowest BCUT2D eigenvalue weighted by molar-refractivity contribution is -0.130. The first-order valence-corrected chi connectivity index (χ1v) is 6.57. The van der Waals surface area contributed by atoms with E-state index in [4.69, 9.17) is 0 Å². The van der Waals surface area contributed by atoms with Gasteiger partial charge in [-0.1, -0.05) is 12.1 Å². The van der Waals surface area contributed by atoms with Crippen LogP contribution in [0.25, 0.3) is 11.1 Å². The molecule has 1 aromatic heterocycles. The number of hydrogen-bond acceptors (Lipinski definition) is 4. The molecule has 1 aliphatic heterocycles. The molecule has 4 heteroatoms. The molecule has 2 aromatic rings. The number of anilines is 1. The number of carbonyl (C=O) groups excluding carboxylic acids is 2.